The Kier molecular flexibility index (Phi) is 6.68. The summed E-state index contributed by atoms with van der Waals surface area (Å²) < 4.78 is 26.9. The maximum absolute atomic E-state index is 11.2. The van der Waals surface area contributed by atoms with E-state index in [-0.39, 0.29) is 12.7 Å². The zero-order valence-corrected chi connectivity index (χ0v) is 15.4. The number of hydrogen-bond donors (Lipinski definition) is 0. The molecule has 1 saturated heterocycles. The van der Waals surface area contributed by atoms with E-state index < -0.39 is 5.97 Å². The lowest BCUT2D eigenvalue weighted by Crippen LogP contribution is -2.13. The van der Waals surface area contributed by atoms with Crippen molar-refractivity contribution in [3.05, 3.63) is 48.6 Å². The van der Waals surface area contributed by atoms with Gasteiger partial charge in [-0.05, 0) is 42.0 Å². The number of carbonyl (C=O) groups is 1. The van der Waals surface area contributed by atoms with Crippen molar-refractivity contribution >= 4 is 16.7 Å². The summed E-state index contributed by atoms with van der Waals surface area (Å²) in [6.07, 6.45) is 0.247. The molecule has 1 fully saturated rings. The quantitative estimate of drug-likeness (QED) is 0.261. The molecule has 1 aliphatic rings. The first kappa shape index (κ1) is 19.2. The average Bonchev–Trinajstić information content (AvgIpc) is 3.49. The lowest BCUT2D eigenvalue weighted by molar-refractivity contribution is -0.140. The molecule has 0 amide bonds. The van der Waals surface area contributed by atoms with Gasteiger partial charge in [-0.1, -0.05) is 18.7 Å². The third kappa shape index (κ3) is 6.27. The topological polar surface area (TPSA) is 66.5 Å². The lowest BCUT2D eigenvalue weighted by atomic mass is 10.1. The summed E-state index contributed by atoms with van der Waals surface area (Å²) >= 11 is 0. The minimum Gasteiger partial charge on any atom is -0.491 e. The molecule has 1 atom stereocenters. The zero-order valence-electron chi connectivity index (χ0n) is 15.4. The maximum Gasteiger partial charge on any atom is 0.333 e. The summed E-state index contributed by atoms with van der Waals surface area (Å²) in [6, 6.07) is 11.9. The van der Waals surface area contributed by atoms with Crippen LogP contribution in [0.1, 0.15) is 6.92 Å². The number of esters is 1. The van der Waals surface area contributed by atoms with Gasteiger partial charge in [0.25, 0.3) is 0 Å². The van der Waals surface area contributed by atoms with Crippen molar-refractivity contribution in [3.8, 4) is 11.5 Å². The van der Waals surface area contributed by atoms with E-state index >= 15 is 0 Å². The SMILES string of the molecule is C=C(C)C(=O)OCCOCCOc1ccc2cc(OCC3CO3)ccc2c1. The van der Waals surface area contributed by atoms with E-state index in [0.717, 1.165) is 28.9 Å². The van der Waals surface area contributed by atoms with Gasteiger partial charge in [-0.15, -0.1) is 0 Å². The van der Waals surface area contributed by atoms with E-state index in [1.54, 1.807) is 6.92 Å². The largest absolute Gasteiger partial charge is 0.491 e. The minimum atomic E-state index is -0.402. The molecule has 1 heterocycles. The van der Waals surface area contributed by atoms with Crippen LogP contribution in [0, 0.1) is 0 Å². The molecule has 2 aromatic carbocycles. The number of epoxide rings is 1. The van der Waals surface area contributed by atoms with Gasteiger partial charge in [0.05, 0.1) is 19.8 Å². The second-order valence-corrected chi connectivity index (χ2v) is 6.31. The van der Waals surface area contributed by atoms with Crippen LogP contribution in [0.3, 0.4) is 0 Å². The molecule has 6 heteroatoms. The molecule has 0 bridgehead atoms. The van der Waals surface area contributed by atoms with Gasteiger partial charge in [0, 0.05) is 5.57 Å². The molecule has 0 spiro atoms. The van der Waals surface area contributed by atoms with Gasteiger partial charge in [0.15, 0.2) is 0 Å². The molecule has 0 saturated carbocycles. The first-order chi connectivity index (χ1) is 13.1. The minimum absolute atomic E-state index is 0.207. The third-order valence-corrected chi connectivity index (χ3v) is 3.93. The van der Waals surface area contributed by atoms with Gasteiger partial charge in [-0.3, -0.25) is 0 Å². The fourth-order valence-electron chi connectivity index (χ4n) is 2.37. The van der Waals surface area contributed by atoms with Crippen molar-refractivity contribution in [2.75, 3.05) is 39.6 Å². The Bertz CT molecular complexity index is 796. The molecule has 1 aliphatic heterocycles. The monoisotopic (exact) mass is 372 g/mol. The predicted octanol–water partition coefficient (Wildman–Crippen LogP) is 3.13. The third-order valence-electron chi connectivity index (χ3n) is 3.93. The van der Waals surface area contributed by atoms with E-state index in [4.69, 9.17) is 23.7 Å². The first-order valence-electron chi connectivity index (χ1n) is 8.93. The number of ether oxygens (including phenoxy) is 5. The van der Waals surface area contributed by atoms with Crippen molar-refractivity contribution in [1.29, 1.82) is 0 Å². The molecule has 27 heavy (non-hydrogen) atoms. The van der Waals surface area contributed by atoms with Crippen LogP contribution in [0.4, 0.5) is 0 Å². The van der Waals surface area contributed by atoms with Crippen LogP contribution in [-0.2, 0) is 19.0 Å². The van der Waals surface area contributed by atoms with Gasteiger partial charge in [-0.2, -0.15) is 0 Å². The van der Waals surface area contributed by atoms with Gasteiger partial charge < -0.3 is 23.7 Å². The van der Waals surface area contributed by atoms with E-state index in [0.29, 0.717) is 32.0 Å². The van der Waals surface area contributed by atoms with Crippen molar-refractivity contribution in [1.82, 2.24) is 0 Å². The van der Waals surface area contributed by atoms with Crippen LogP contribution in [0.25, 0.3) is 10.8 Å². The standard InChI is InChI=1S/C21H24O6/c1-15(2)21(22)25-10-8-23-7-9-24-18-5-3-17-12-19(6-4-16(17)11-18)26-13-20-14-27-20/h3-6,11-12,20H,1,7-10,13-14H2,2H3. The Morgan fingerprint density at radius 3 is 2.30 bits per heavy atom. The van der Waals surface area contributed by atoms with Crippen LogP contribution in [0.2, 0.25) is 0 Å². The van der Waals surface area contributed by atoms with Crippen LogP contribution in [0.15, 0.2) is 48.6 Å². The van der Waals surface area contributed by atoms with Crippen molar-refractivity contribution in [3.63, 3.8) is 0 Å². The van der Waals surface area contributed by atoms with Crippen LogP contribution in [-0.4, -0.2) is 51.7 Å². The first-order valence-corrected chi connectivity index (χ1v) is 8.93. The number of fused-ring (bicyclic) bond motifs is 1. The number of benzene rings is 2. The fourth-order valence-corrected chi connectivity index (χ4v) is 2.37. The van der Waals surface area contributed by atoms with Gasteiger partial charge >= 0.3 is 5.97 Å². The van der Waals surface area contributed by atoms with E-state index in [1.165, 1.54) is 0 Å². The highest BCUT2D eigenvalue weighted by atomic mass is 16.6. The molecule has 0 aromatic heterocycles. The average molecular weight is 372 g/mol. The Morgan fingerprint density at radius 2 is 1.67 bits per heavy atom. The van der Waals surface area contributed by atoms with E-state index in [9.17, 15) is 4.79 Å². The van der Waals surface area contributed by atoms with Crippen molar-refractivity contribution in [2.45, 2.75) is 13.0 Å². The molecule has 1 unspecified atom stereocenters. The second kappa shape index (κ2) is 9.39. The van der Waals surface area contributed by atoms with E-state index in [2.05, 4.69) is 6.58 Å². The van der Waals surface area contributed by atoms with E-state index in [1.807, 2.05) is 36.4 Å². The van der Waals surface area contributed by atoms with Gasteiger partial charge in [0.1, 0.15) is 37.4 Å². The summed E-state index contributed by atoms with van der Waals surface area (Å²) in [7, 11) is 0. The highest BCUT2D eigenvalue weighted by Crippen LogP contribution is 2.25. The molecule has 0 aliphatic carbocycles. The number of hydrogen-bond acceptors (Lipinski definition) is 6. The molecular formula is C21H24O6. The zero-order chi connectivity index (χ0) is 19.1. The Labute approximate surface area is 158 Å². The normalized spacial score (nSPS) is 15.4. The summed E-state index contributed by atoms with van der Waals surface area (Å²) in [5, 5.41) is 2.17. The fraction of sp³-hybridized carbons (Fsp3) is 0.381. The Balaban J connectivity index is 1.38. The highest BCUT2D eigenvalue weighted by Gasteiger charge is 2.23. The summed E-state index contributed by atoms with van der Waals surface area (Å²) in [5.41, 5.74) is 0.380. The molecule has 2 aromatic rings. The summed E-state index contributed by atoms with van der Waals surface area (Å²) in [6.45, 7) is 7.88. The van der Waals surface area contributed by atoms with Crippen molar-refractivity contribution < 1.29 is 28.5 Å². The second-order valence-electron chi connectivity index (χ2n) is 6.31. The Hall–Kier alpha value is -2.57. The lowest BCUT2D eigenvalue weighted by Gasteiger charge is -2.10. The molecule has 144 valence electrons. The molecule has 3 rings (SSSR count). The Morgan fingerprint density at radius 1 is 1.04 bits per heavy atom. The van der Waals surface area contributed by atoms with Crippen LogP contribution >= 0.6 is 0 Å². The highest BCUT2D eigenvalue weighted by molar-refractivity contribution is 5.87. The molecule has 6 nitrogen and oxygen atoms in total. The van der Waals surface area contributed by atoms with Crippen LogP contribution in [0.5, 0.6) is 11.5 Å². The van der Waals surface area contributed by atoms with Crippen molar-refractivity contribution in [2.24, 2.45) is 0 Å². The number of carbonyl (C=O) groups excluding carboxylic acids is 1. The maximum atomic E-state index is 11.2. The molecule has 0 N–H and O–H groups in total. The predicted molar refractivity (Wildman–Crippen MR) is 101 cm³/mol. The summed E-state index contributed by atoms with van der Waals surface area (Å²) in [4.78, 5) is 11.2. The molecular weight excluding hydrogens is 348 g/mol. The smallest absolute Gasteiger partial charge is 0.333 e. The number of rotatable bonds is 11. The summed E-state index contributed by atoms with van der Waals surface area (Å²) in [5.74, 6) is 1.22. The molecule has 0 radical (unpaired) electrons. The van der Waals surface area contributed by atoms with Gasteiger partial charge in [-0.25, -0.2) is 4.79 Å². The van der Waals surface area contributed by atoms with Gasteiger partial charge in [0.2, 0.25) is 0 Å². The van der Waals surface area contributed by atoms with Crippen LogP contribution < -0.4 is 9.47 Å².